The Morgan fingerprint density at radius 1 is 1.27 bits per heavy atom. The molecule has 22 heavy (non-hydrogen) atoms. The quantitative estimate of drug-likeness (QED) is 0.849. The minimum atomic E-state index is -0.798. The van der Waals surface area contributed by atoms with Gasteiger partial charge in [-0.15, -0.1) is 0 Å². The first-order valence-electron chi connectivity index (χ1n) is 8.24. The summed E-state index contributed by atoms with van der Waals surface area (Å²) in [5.74, 6) is -0.341. The molecule has 6 heteroatoms. The summed E-state index contributed by atoms with van der Waals surface area (Å²) in [4.78, 5) is 23.8. The van der Waals surface area contributed by atoms with Crippen LogP contribution in [0.15, 0.2) is 0 Å². The number of carboxylic acid groups (broad SMARTS) is 1. The third-order valence-corrected chi connectivity index (χ3v) is 5.30. The normalized spacial score (nSPS) is 34.6. The van der Waals surface area contributed by atoms with E-state index < -0.39 is 11.6 Å². The maximum Gasteiger partial charge on any atom is 0.425 e. The number of carbonyl (C=O) groups is 2. The van der Waals surface area contributed by atoms with Gasteiger partial charge in [0.2, 0.25) is 0 Å². The van der Waals surface area contributed by atoms with Crippen molar-refractivity contribution in [2.75, 3.05) is 6.54 Å². The third-order valence-electron chi connectivity index (χ3n) is 5.30. The van der Waals surface area contributed by atoms with Crippen LogP contribution in [0.3, 0.4) is 0 Å². The number of carbonyl (C=O) groups excluding carboxylic acids is 1. The first kappa shape index (κ1) is 15.6. The summed E-state index contributed by atoms with van der Waals surface area (Å²) >= 11 is 0. The summed E-state index contributed by atoms with van der Waals surface area (Å²) in [5, 5.41) is 13.0. The standard InChI is InChI=1S/C16H26N2O4/c1-15(2,3)22-14(21)17-10-11-5-4-7-16(11)8-6-12(18(16)17)9-13(19)20/h11-12H,4-10H2,1-3H3,(H,19,20). The van der Waals surface area contributed by atoms with Gasteiger partial charge in [0, 0.05) is 18.1 Å². The van der Waals surface area contributed by atoms with Crippen LogP contribution in [0, 0.1) is 5.92 Å². The Labute approximate surface area is 131 Å². The molecule has 1 saturated carbocycles. The van der Waals surface area contributed by atoms with E-state index in [1.54, 1.807) is 5.01 Å². The number of carboxylic acids is 1. The zero-order valence-corrected chi connectivity index (χ0v) is 13.7. The molecular weight excluding hydrogens is 284 g/mol. The Bertz CT molecular complexity index is 487. The second-order valence-electron chi connectivity index (χ2n) is 7.89. The lowest BCUT2D eigenvalue weighted by Gasteiger charge is -2.38. The van der Waals surface area contributed by atoms with E-state index in [2.05, 4.69) is 5.01 Å². The number of ether oxygens (including phenoxy) is 1. The summed E-state index contributed by atoms with van der Waals surface area (Å²) < 4.78 is 5.54. The van der Waals surface area contributed by atoms with Crippen LogP contribution < -0.4 is 0 Å². The summed E-state index contributed by atoms with van der Waals surface area (Å²) in [7, 11) is 0. The molecule has 0 aromatic rings. The van der Waals surface area contributed by atoms with Crippen LogP contribution in [-0.2, 0) is 9.53 Å². The van der Waals surface area contributed by atoms with E-state index in [-0.39, 0.29) is 24.1 Å². The van der Waals surface area contributed by atoms with E-state index in [1.807, 2.05) is 20.8 Å². The fourth-order valence-corrected chi connectivity index (χ4v) is 4.64. The highest BCUT2D eigenvalue weighted by Crippen LogP contribution is 2.55. The summed E-state index contributed by atoms with van der Waals surface area (Å²) in [6, 6.07) is -0.0897. The van der Waals surface area contributed by atoms with E-state index in [9.17, 15) is 14.7 Å². The molecule has 1 aliphatic carbocycles. The number of hydrogen-bond acceptors (Lipinski definition) is 4. The molecule has 3 rings (SSSR count). The first-order chi connectivity index (χ1) is 10.2. The molecule has 1 amide bonds. The van der Waals surface area contributed by atoms with E-state index in [1.165, 1.54) is 6.42 Å². The van der Waals surface area contributed by atoms with Crippen molar-refractivity contribution in [3.63, 3.8) is 0 Å². The Hall–Kier alpha value is -1.30. The van der Waals surface area contributed by atoms with Crippen LogP contribution in [-0.4, -0.2) is 50.9 Å². The van der Waals surface area contributed by atoms with Crippen molar-refractivity contribution in [3.05, 3.63) is 0 Å². The maximum atomic E-state index is 12.6. The van der Waals surface area contributed by atoms with Gasteiger partial charge < -0.3 is 9.84 Å². The molecule has 3 fully saturated rings. The van der Waals surface area contributed by atoms with Gasteiger partial charge in [-0.3, -0.25) is 4.79 Å². The average Bonchev–Trinajstić information content (AvgIpc) is 2.96. The highest BCUT2D eigenvalue weighted by atomic mass is 16.6. The molecule has 1 spiro atoms. The van der Waals surface area contributed by atoms with E-state index >= 15 is 0 Å². The largest absolute Gasteiger partial charge is 0.481 e. The molecule has 3 aliphatic rings. The number of nitrogens with zero attached hydrogens (tertiary/aromatic N) is 2. The van der Waals surface area contributed by atoms with Gasteiger partial charge in [-0.05, 0) is 52.4 Å². The zero-order chi connectivity index (χ0) is 16.1. The van der Waals surface area contributed by atoms with E-state index in [0.717, 1.165) is 25.7 Å². The van der Waals surface area contributed by atoms with Crippen molar-refractivity contribution in [1.82, 2.24) is 10.0 Å². The summed E-state index contributed by atoms with van der Waals surface area (Å²) in [5.41, 5.74) is -0.541. The lowest BCUT2D eigenvalue weighted by molar-refractivity contribution is -0.140. The van der Waals surface area contributed by atoms with Gasteiger partial charge in [0.15, 0.2) is 0 Å². The molecule has 0 aromatic carbocycles. The molecule has 0 bridgehead atoms. The zero-order valence-electron chi connectivity index (χ0n) is 13.7. The van der Waals surface area contributed by atoms with Crippen molar-refractivity contribution in [1.29, 1.82) is 0 Å². The van der Waals surface area contributed by atoms with Crippen LogP contribution >= 0.6 is 0 Å². The molecule has 2 heterocycles. The second-order valence-corrected chi connectivity index (χ2v) is 7.89. The average molecular weight is 310 g/mol. The predicted molar refractivity (Wildman–Crippen MR) is 80.1 cm³/mol. The van der Waals surface area contributed by atoms with E-state index in [0.29, 0.717) is 12.5 Å². The Morgan fingerprint density at radius 3 is 2.64 bits per heavy atom. The van der Waals surface area contributed by atoms with Crippen LogP contribution in [0.1, 0.15) is 59.3 Å². The van der Waals surface area contributed by atoms with Gasteiger partial charge in [0.05, 0.1) is 6.42 Å². The highest BCUT2D eigenvalue weighted by Gasteiger charge is 2.62. The summed E-state index contributed by atoms with van der Waals surface area (Å²) in [6.45, 7) is 6.24. The number of rotatable bonds is 2. The second kappa shape index (κ2) is 5.11. The minimum absolute atomic E-state index is 0.00296. The van der Waals surface area contributed by atoms with Crippen molar-refractivity contribution in [2.45, 2.75) is 76.5 Å². The van der Waals surface area contributed by atoms with Crippen LogP contribution in [0.5, 0.6) is 0 Å². The van der Waals surface area contributed by atoms with Gasteiger partial charge >= 0.3 is 12.1 Å². The highest BCUT2D eigenvalue weighted by molar-refractivity contribution is 5.70. The molecule has 124 valence electrons. The number of hydrazine groups is 1. The van der Waals surface area contributed by atoms with Crippen molar-refractivity contribution in [2.24, 2.45) is 5.92 Å². The lowest BCUT2D eigenvalue weighted by atomic mass is 9.87. The maximum absolute atomic E-state index is 12.6. The van der Waals surface area contributed by atoms with Gasteiger partial charge in [0.1, 0.15) is 5.60 Å². The van der Waals surface area contributed by atoms with E-state index in [4.69, 9.17) is 4.74 Å². The van der Waals surface area contributed by atoms with Crippen LogP contribution in [0.25, 0.3) is 0 Å². The van der Waals surface area contributed by atoms with Gasteiger partial charge in [0.25, 0.3) is 0 Å². The van der Waals surface area contributed by atoms with Crippen LogP contribution in [0.2, 0.25) is 0 Å². The predicted octanol–water partition coefficient (Wildman–Crippen LogP) is 2.63. The van der Waals surface area contributed by atoms with Crippen molar-refractivity contribution < 1.29 is 19.4 Å². The molecule has 3 unspecified atom stereocenters. The lowest BCUT2D eigenvalue weighted by Crippen LogP contribution is -2.53. The third kappa shape index (κ3) is 2.47. The number of amides is 1. The Balaban J connectivity index is 1.85. The first-order valence-corrected chi connectivity index (χ1v) is 8.24. The fourth-order valence-electron chi connectivity index (χ4n) is 4.64. The smallest absolute Gasteiger partial charge is 0.425 e. The number of aliphatic carboxylic acids is 1. The number of hydrogen-bond donors (Lipinski definition) is 1. The SMILES string of the molecule is CC(C)(C)OC(=O)N1CC2CCCC23CCC(CC(=O)O)N13. The molecule has 6 nitrogen and oxygen atoms in total. The monoisotopic (exact) mass is 310 g/mol. The van der Waals surface area contributed by atoms with Gasteiger partial charge in [-0.2, -0.15) is 0 Å². The van der Waals surface area contributed by atoms with Crippen molar-refractivity contribution >= 4 is 12.1 Å². The minimum Gasteiger partial charge on any atom is -0.481 e. The Morgan fingerprint density at radius 2 is 2.00 bits per heavy atom. The molecule has 2 aliphatic heterocycles. The molecule has 2 saturated heterocycles. The molecule has 0 radical (unpaired) electrons. The topological polar surface area (TPSA) is 70.1 Å². The van der Waals surface area contributed by atoms with Gasteiger partial charge in [-0.1, -0.05) is 6.42 Å². The molecule has 3 atom stereocenters. The van der Waals surface area contributed by atoms with Crippen LogP contribution in [0.4, 0.5) is 4.79 Å². The molecule has 1 N–H and O–H groups in total. The fraction of sp³-hybridized carbons (Fsp3) is 0.875. The van der Waals surface area contributed by atoms with Crippen molar-refractivity contribution in [3.8, 4) is 0 Å². The molecular formula is C16H26N2O4. The molecule has 0 aromatic heterocycles. The van der Waals surface area contributed by atoms with Gasteiger partial charge in [-0.25, -0.2) is 14.8 Å². The Kier molecular flexibility index (Phi) is 3.62. The summed E-state index contributed by atoms with van der Waals surface area (Å²) in [6.07, 6.45) is 4.95.